The van der Waals surface area contributed by atoms with Gasteiger partial charge in [-0.05, 0) is 63.8 Å². The van der Waals surface area contributed by atoms with Gasteiger partial charge in [-0.15, -0.1) is 5.10 Å². The quantitative estimate of drug-likeness (QED) is 0.523. The third kappa shape index (κ3) is 4.63. The second kappa shape index (κ2) is 9.90. The average molecular weight is 481 g/mol. The molecule has 0 radical (unpaired) electrons. The maximum atomic E-state index is 13.1. The lowest BCUT2D eigenvalue weighted by molar-refractivity contribution is -0.126. The van der Waals surface area contributed by atoms with Crippen LogP contribution in [0.25, 0.3) is 16.6 Å². The van der Waals surface area contributed by atoms with Crippen molar-refractivity contribution in [3.63, 3.8) is 0 Å². The highest BCUT2D eigenvalue weighted by Crippen LogP contribution is 2.32. The summed E-state index contributed by atoms with van der Waals surface area (Å²) in [6.45, 7) is 5.53. The van der Waals surface area contributed by atoms with E-state index in [1.807, 2.05) is 35.9 Å². The number of aryl methyl sites for hydroxylation is 2. The average Bonchev–Trinajstić information content (AvgIpc) is 3.01. The fraction of sp³-hybridized carbons (Fsp3) is 0.538. The van der Waals surface area contributed by atoms with Gasteiger partial charge in [0.15, 0.2) is 5.82 Å². The lowest BCUT2D eigenvalue weighted by Gasteiger charge is -2.33. The zero-order valence-electron chi connectivity index (χ0n) is 20.1. The Labute approximate surface area is 205 Å². The molecule has 0 bridgehead atoms. The van der Waals surface area contributed by atoms with E-state index in [9.17, 15) is 4.79 Å². The molecule has 1 amide bonds. The number of carbonyl (C=O) groups excluding carboxylic acids is 1. The molecule has 3 aromatic rings. The Morgan fingerprint density at radius 2 is 1.74 bits per heavy atom. The fourth-order valence-electron chi connectivity index (χ4n) is 5.48. The summed E-state index contributed by atoms with van der Waals surface area (Å²) < 4.78 is 1.93. The van der Waals surface area contributed by atoms with Gasteiger partial charge < -0.3 is 10.2 Å². The first-order chi connectivity index (χ1) is 16.5. The number of rotatable bonds is 4. The van der Waals surface area contributed by atoms with Gasteiger partial charge in [-0.1, -0.05) is 37.3 Å². The number of aromatic nitrogens is 4. The smallest absolute Gasteiger partial charge is 0.225 e. The molecule has 7 nitrogen and oxygen atoms in total. The molecule has 2 aromatic heterocycles. The summed E-state index contributed by atoms with van der Waals surface area (Å²) >= 11 is 6.09. The van der Waals surface area contributed by atoms with Crippen molar-refractivity contribution in [1.82, 2.24) is 25.3 Å². The van der Waals surface area contributed by atoms with E-state index in [0.29, 0.717) is 17.6 Å². The number of piperidine rings is 1. The standard InChI is InChI=1S/C26H33ClN6O/c1-17-23-18(2)33(22-13-11-20(27)12-14-22)31-24(23)25(30-29-17)32-15-7-8-19(16-32)26(34)28-21-9-5-3-4-6-10-21/h11-14,19,21H,3-10,15-16H2,1-2H3,(H,28,34)/t19-/m0/s1. The highest BCUT2D eigenvalue weighted by atomic mass is 35.5. The van der Waals surface area contributed by atoms with E-state index < -0.39 is 0 Å². The Morgan fingerprint density at radius 1 is 1.00 bits per heavy atom. The summed E-state index contributed by atoms with van der Waals surface area (Å²) in [6.07, 6.45) is 9.08. The molecule has 3 heterocycles. The Hall–Kier alpha value is -2.67. The maximum absolute atomic E-state index is 13.1. The van der Waals surface area contributed by atoms with Crippen molar-refractivity contribution < 1.29 is 4.79 Å². The molecule has 2 fully saturated rings. The predicted molar refractivity (Wildman–Crippen MR) is 136 cm³/mol. The monoisotopic (exact) mass is 480 g/mol. The Kier molecular flexibility index (Phi) is 6.73. The van der Waals surface area contributed by atoms with Crippen LogP contribution in [-0.4, -0.2) is 45.0 Å². The molecular formula is C26H33ClN6O. The van der Waals surface area contributed by atoms with E-state index >= 15 is 0 Å². The second-order valence-corrected chi connectivity index (χ2v) is 10.2. The van der Waals surface area contributed by atoms with Gasteiger partial charge in [0.1, 0.15) is 5.52 Å². The number of carbonyl (C=O) groups is 1. The molecule has 1 aromatic carbocycles. The highest BCUT2D eigenvalue weighted by Gasteiger charge is 2.30. The zero-order valence-corrected chi connectivity index (χ0v) is 20.8. The summed E-state index contributed by atoms with van der Waals surface area (Å²) in [6, 6.07) is 8.00. The summed E-state index contributed by atoms with van der Waals surface area (Å²) in [5.74, 6) is 0.925. The van der Waals surface area contributed by atoms with Crippen LogP contribution < -0.4 is 10.2 Å². The second-order valence-electron chi connectivity index (χ2n) is 9.79. The van der Waals surface area contributed by atoms with Gasteiger partial charge in [-0.2, -0.15) is 10.2 Å². The molecule has 0 unspecified atom stereocenters. The number of nitrogens with one attached hydrogen (secondary N) is 1. The third-order valence-electron chi connectivity index (χ3n) is 7.35. The van der Waals surface area contributed by atoms with Crippen molar-refractivity contribution in [2.45, 2.75) is 71.3 Å². The number of amides is 1. The fourth-order valence-corrected chi connectivity index (χ4v) is 5.61. The van der Waals surface area contributed by atoms with E-state index in [4.69, 9.17) is 16.7 Å². The molecule has 5 rings (SSSR count). The Bertz CT molecular complexity index is 1170. The summed E-state index contributed by atoms with van der Waals surface area (Å²) in [7, 11) is 0. The number of hydrogen-bond acceptors (Lipinski definition) is 5. The van der Waals surface area contributed by atoms with Crippen molar-refractivity contribution >= 4 is 34.2 Å². The number of hydrogen-bond donors (Lipinski definition) is 1. The minimum atomic E-state index is -0.0328. The third-order valence-corrected chi connectivity index (χ3v) is 7.60. The largest absolute Gasteiger partial charge is 0.353 e. The van der Waals surface area contributed by atoms with Crippen molar-refractivity contribution in [1.29, 1.82) is 0 Å². The van der Waals surface area contributed by atoms with Crippen LogP contribution in [0.2, 0.25) is 5.02 Å². The van der Waals surface area contributed by atoms with E-state index in [1.54, 1.807) is 0 Å². The maximum Gasteiger partial charge on any atom is 0.225 e. The van der Waals surface area contributed by atoms with Crippen LogP contribution in [0.4, 0.5) is 5.82 Å². The highest BCUT2D eigenvalue weighted by molar-refractivity contribution is 6.30. The van der Waals surface area contributed by atoms with Gasteiger partial charge in [0.25, 0.3) is 0 Å². The van der Waals surface area contributed by atoms with E-state index in [-0.39, 0.29) is 11.8 Å². The SMILES string of the molecule is Cc1nnc(N2CCC[C@H](C(=O)NC3CCCCCC3)C2)c2nn(-c3ccc(Cl)cc3)c(C)c12. The van der Waals surface area contributed by atoms with Crippen LogP contribution in [0.5, 0.6) is 0 Å². The topological polar surface area (TPSA) is 75.9 Å². The molecule has 1 N–H and O–H groups in total. The molecule has 1 aliphatic heterocycles. The lowest BCUT2D eigenvalue weighted by Crippen LogP contribution is -2.46. The number of anilines is 1. The molecule has 2 aliphatic rings. The zero-order chi connectivity index (χ0) is 23.7. The molecule has 1 saturated carbocycles. The summed E-state index contributed by atoms with van der Waals surface area (Å²) in [5.41, 5.74) is 3.66. The molecular weight excluding hydrogens is 448 g/mol. The van der Waals surface area contributed by atoms with Crippen LogP contribution in [0.3, 0.4) is 0 Å². The van der Waals surface area contributed by atoms with E-state index in [1.165, 1.54) is 25.7 Å². The van der Waals surface area contributed by atoms with Gasteiger partial charge in [-0.3, -0.25) is 4.79 Å². The van der Waals surface area contributed by atoms with Crippen LogP contribution in [0, 0.1) is 19.8 Å². The first-order valence-electron chi connectivity index (χ1n) is 12.5. The molecule has 34 heavy (non-hydrogen) atoms. The van der Waals surface area contributed by atoms with Crippen molar-refractivity contribution in [2.24, 2.45) is 5.92 Å². The molecule has 1 saturated heterocycles. The van der Waals surface area contributed by atoms with Gasteiger partial charge in [-0.25, -0.2) is 4.68 Å². The van der Waals surface area contributed by atoms with Gasteiger partial charge in [0, 0.05) is 24.2 Å². The van der Waals surface area contributed by atoms with Crippen molar-refractivity contribution in [2.75, 3.05) is 18.0 Å². The molecule has 0 spiro atoms. The first-order valence-corrected chi connectivity index (χ1v) is 12.9. The Morgan fingerprint density at radius 3 is 2.47 bits per heavy atom. The predicted octanol–water partition coefficient (Wildman–Crippen LogP) is 5.14. The first kappa shape index (κ1) is 23.1. The van der Waals surface area contributed by atoms with Crippen LogP contribution >= 0.6 is 11.6 Å². The van der Waals surface area contributed by atoms with Crippen LogP contribution in [-0.2, 0) is 4.79 Å². The van der Waals surface area contributed by atoms with Crippen molar-refractivity contribution in [3.05, 3.63) is 40.7 Å². The molecule has 1 aliphatic carbocycles. The Balaban J connectivity index is 1.41. The number of fused-ring (bicyclic) bond motifs is 1. The molecule has 1 atom stereocenters. The molecule has 8 heteroatoms. The van der Waals surface area contributed by atoms with Crippen LogP contribution in [0.1, 0.15) is 62.8 Å². The molecule has 180 valence electrons. The lowest BCUT2D eigenvalue weighted by atomic mass is 9.96. The minimum absolute atomic E-state index is 0.0328. The van der Waals surface area contributed by atoms with E-state index in [2.05, 4.69) is 27.3 Å². The van der Waals surface area contributed by atoms with Crippen LogP contribution in [0.15, 0.2) is 24.3 Å². The van der Waals surface area contributed by atoms with Crippen molar-refractivity contribution in [3.8, 4) is 5.69 Å². The summed E-state index contributed by atoms with van der Waals surface area (Å²) in [5, 5.41) is 19.1. The van der Waals surface area contributed by atoms with Gasteiger partial charge in [0.2, 0.25) is 5.91 Å². The number of halogens is 1. The van der Waals surface area contributed by atoms with Gasteiger partial charge >= 0.3 is 0 Å². The number of nitrogens with zero attached hydrogens (tertiary/aromatic N) is 5. The van der Waals surface area contributed by atoms with E-state index in [0.717, 1.165) is 66.0 Å². The van der Waals surface area contributed by atoms with Gasteiger partial charge in [0.05, 0.1) is 28.4 Å². The minimum Gasteiger partial charge on any atom is -0.353 e. The number of benzene rings is 1. The summed E-state index contributed by atoms with van der Waals surface area (Å²) in [4.78, 5) is 15.3. The normalized spacial score (nSPS) is 19.9.